The lowest BCUT2D eigenvalue weighted by Gasteiger charge is -2.20. The van der Waals surface area contributed by atoms with E-state index in [-0.39, 0.29) is 18.2 Å². The van der Waals surface area contributed by atoms with Crippen LogP contribution in [0.5, 0.6) is 0 Å². The molecule has 2 rings (SSSR count). The van der Waals surface area contributed by atoms with Crippen molar-refractivity contribution >= 4 is 6.03 Å². The Labute approximate surface area is 133 Å². The maximum Gasteiger partial charge on any atom is 0.416 e. The summed E-state index contributed by atoms with van der Waals surface area (Å²) in [6, 6.07) is 4.60. The molecule has 1 saturated heterocycles. The number of hydrogen-bond donors (Lipinski definition) is 2. The van der Waals surface area contributed by atoms with Gasteiger partial charge in [-0.05, 0) is 43.9 Å². The molecule has 2 atom stereocenters. The van der Waals surface area contributed by atoms with Crippen molar-refractivity contribution in [2.75, 3.05) is 13.2 Å². The largest absolute Gasteiger partial charge is 0.416 e. The number of benzene rings is 1. The molecule has 0 unspecified atom stereocenters. The van der Waals surface area contributed by atoms with Crippen LogP contribution in [0.1, 0.15) is 30.9 Å². The van der Waals surface area contributed by atoms with Gasteiger partial charge in [-0.1, -0.05) is 12.1 Å². The highest BCUT2D eigenvalue weighted by Crippen LogP contribution is 2.29. The van der Waals surface area contributed by atoms with Gasteiger partial charge < -0.3 is 15.4 Å². The molecule has 1 aromatic carbocycles. The fraction of sp³-hybridized carbons (Fsp3) is 0.562. The molecule has 1 aliphatic heterocycles. The molecule has 0 saturated carbocycles. The van der Waals surface area contributed by atoms with Gasteiger partial charge in [0.05, 0.1) is 17.7 Å². The molecule has 2 amide bonds. The van der Waals surface area contributed by atoms with Gasteiger partial charge in [-0.2, -0.15) is 13.2 Å². The molecule has 1 fully saturated rings. The Hall–Kier alpha value is -1.76. The summed E-state index contributed by atoms with van der Waals surface area (Å²) in [5.41, 5.74) is 0.0721. The van der Waals surface area contributed by atoms with E-state index in [1.54, 1.807) is 0 Å². The molecule has 1 aliphatic rings. The number of carbonyl (C=O) groups is 1. The van der Waals surface area contributed by atoms with E-state index < -0.39 is 11.7 Å². The van der Waals surface area contributed by atoms with Crippen LogP contribution in [0.2, 0.25) is 0 Å². The van der Waals surface area contributed by atoms with E-state index in [1.807, 2.05) is 6.92 Å². The molecule has 0 aliphatic carbocycles. The third-order valence-electron chi connectivity index (χ3n) is 3.86. The SMILES string of the molecule is C[C@@H](NC(=O)NCCc1ccc(C(F)(F)F)cc1)[C@@H]1CCCO1. The predicted octanol–water partition coefficient (Wildman–Crippen LogP) is 3.11. The zero-order valence-electron chi connectivity index (χ0n) is 13.0. The molecular weight excluding hydrogens is 309 g/mol. The smallest absolute Gasteiger partial charge is 0.376 e. The maximum atomic E-state index is 12.5. The van der Waals surface area contributed by atoms with Crippen LogP contribution in [-0.4, -0.2) is 31.3 Å². The van der Waals surface area contributed by atoms with Gasteiger partial charge in [0.15, 0.2) is 0 Å². The molecule has 0 aromatic heterocycles. The summed E-state index contributed by atoms with van der Waals surface area (Å²) in [4.78, 5) is 11.8. The summed E-state index contributed by atoms with van der Waals surface area (Å²) in [6.45, 7) is 2.98. The number of halogens is 3. The minimum Gasteiger partial charge on any atom is -0.376 e. The second-order valence-electron chi connectivity index (χ2n) is 5.69. The standard InChI is InChI=1S/C16H21F3N2O2/c1-11(14-3-2-10-23-14)21-15(22)20-9-8-12-4-6-13(7-5-12)16(17,18)19/h4-7,11,14H,2-3,8-10H2,1H3,(H2,20,21,22)/t11-,14+/m1/s1. The Bertz CT molecular complexity index is 511. The maximum absolute atomic E-state index is 12.5. The Kier molecular flexibility index (Phi) is 5.87. The van der Waals surface area contributed by atoms with Crippen molar-refractivity contribution in [2.45, 2.75) is 44.5 Å². The summed E-state index contributed by atoms with van der Waals surface area (Å²) in [5.74, 6) is 0. The minimum atomic E-state index is -4.32. The van der Waals surface area contributed by atoms with Gasteiger partial charge in [0, 0.05) is 13.2 Å². The van der Waals surface area contributed by atoms with E-state index >= 15 is 0 Å². The third-order valence-corrected chi connectivity index (χ3v) is 3.86. The number of hydrogen-bond acceptors (Lipinski definition) is 2. The number of ether oxygens (including phenoxy) is 1. The van der Waals surface area contributed by atoms with Crippen LogP contribution < -0.4 is 10.6 Å². The molecule has 0 spiro atoms. The normalized spacial score (nSPS) is 19.4. The number of amides is 2. The number of rotatable bonds is 5. The van der Waals surface area contributed by atoms with E-state index in [2.05, 4.69) is 10.6 Å². The molecule has 0 radical (unpaired) electrons. The number of nitrogens with one attached hydrogen (secondary N) is 2. The lowest BCUT2D eigenvalue weighted by molar-refractivity contribution is -0.137. The average molecular weight is 330 g/mol. The number of urea groups is 1. The average Bonchev–Trinajstić information content (AvgIpc) is 3.01. The Balaban J connectivity index is 1.70. The van der Waals surface area contributed by atoms with Gasteiger partial charge in [-0.15, -0.1) is 0 Å². The first-order valence-corrected chi connectivity index (χ1v) is 7.68. The van der Waals surface area contributed by atoms with Crippen molar-refractivity contribution in [3.05, 3.63) is 35.4 Å². The molecule has 23 heavy (non-hydrogen) atoms. The van der Waals surface area contributed by atoms with E-state index in [4.69, 9.17) is 4.74 Å². The quantitative estimate of drug-likeness (QED) is 0.871. The summed E-state index contributed by atoms with van der Waals surface area (Å²) in [5, 5.41) is 5.52. The van der Waals surface area contributed by atoms with Crippen molar-refractivity contribution in [1.82, 2.24) is 10.6 Å². The zero-order valence-corrected chi connectivity index (χ0v) is 13.0. The van der Waals surface area contributed by atoms with Crippen molar-refractivity contribution in [1.29, 1.82) is 0 Å². The third kappa shape index (κ3) is 5.42. The lowest BCUT2D eigenvalue weighted by atomic mass is 10.1. The van der Waals surface area contributed by atoms with Crippen LogP contribution in [0, 0.1) is 0 Å². The Morgan fingerprint density at radius 2 is 2.04 bits per heavy atom. The summed E-state index contributed by atoms with van der Waals surface area (Å²) in [7, 11) is 0. The monoisotopic (exact) mass is 330 g/mol. The summed E-state index contributed by atoms with van der Waals surface area (Å²) < 4.78 is 42.8. The highest BCUT2D eigenvalue weighted by Gasteiger charge is 2.29. The van der Waals surface area contributed by atoms with Gasteiger partial charge in [-0.3, -0.25) is 0 Å². The van der Waals surface area contributed by atoms with Crippen LogP contribution in [0.4, 0.5) is 18.0 Å². The molecule has 1 heterocycles. The molecule has 1 aromatic rings. The van der Waals surface area contributed by atoms with E-state index in [9.17, 15) is 18.0 Å². The molecular formula is C16H21F3N2O2. The van der Waals surface area contributed by atoms with Gasteiger partial charge in [0.2, 0.25) is 0 Å². The van der Waals surface area contributed by atoms with Crippen LogP contribution in [0.25, 0.3) is 0 Å². The second-order valence-corrected chi connectivity index (χ2v) is 5.69. The fourth-order valence-electron chi connectivity index (χ4n) is 2.53. The first kappa shape index (κ1) is 17.6. The number of alkyl halides is 3. The molecule has 4 nitrogen and oxygen atoms in total. The van der Waals surface area contributed by atoms with Crippen molar-refractivity contribution in [3.8, 4) is 0 Å². The highest BCUT2D eigenvalue weighted by molar-refractivity contribution is 5.74. The van der Waals surface area contributed by atoms with Gasteiger partial charge in [0.1, 0.15) is 0 Å². The zero-order chi connectivity index (χ0) is 16.9. The first-order valence-electron chi connectivity index (χ1n) is 7.68. The van der Waals surface area contributed by atoms with Crippen LogP contribution in [-0.2, 0) is 17.3 Å². The van der Waals surface area contributed by atoms with Crippen LogP contribution in [0.3, 0.4) is 0 Å². The summed E-state index contributed by atoms with van der Waals surface area (Å²) in [6.07, 6.45) is -1.86. The molecule has 128 valence electrons. The summed E-state index contributed by atoms with van der Waals surface area (Å²) >= 11 is 0. The molecule has 2 N–H and O–H groups in total. The second kappa shape index (κ2) is 7.68. The fourth-order valence-corrected chi connectivity index (χ4v) is 2.53. The number of carbonyl (C=O) groups excluding carboxylic acids is 1. The van der Waals surface area contributed by atoms with Crippen LogP contribution in [0.15, 0.2) is 24.3 Å². The van der Waals surface area contributed by atoms with Gasteiger partial charge in [-0.25, -0.2) is 4.79 Å². The van der Waals surface area contributed by atoms with Crippen molar-refractivity contribution in [2.24, 2.45) is 0 Å². The van der Waals surface area contributed by atoms with E-state index in [1.165, 1.54) is 12.1 Å². The van der Waals surface area contributed by atoms with Crippen LogP contribution >= 0.6 is 0 Å². The van der Waals surface area contributed by atoms with Crippen molar-refractivity contribution < 1.29 is 22.7 Å². The predicted molar refractivity (Wildman–Crippen MR) is 80.1 cm³/mol. The van der Waals surface area contributed by atoms with E-state index in [0.29, 0.717) is 13.0 Å². The highest BCUT2D eigenvalue weighted by atomic mass is 19.4. The molecule has 0 bridgehead atoms. The van der Waals surface area contributed by atoms with Gasteiger partial charge >= 0.3 is 12.2 Å². The van der Waals surface area contributed by atoms with E-state index in [0.717, 1.165) is 37.1 Å². The van der Waals surface area contributed by atoms with Crippen molar-refractivity contribution in [3.63, 3.8) is 0 Å². The topological polar surface area (TPSA) is 50.4 Å². The van der Waals surface area contributed by atoms with Gasteiger partial charge in [0.25, 0.3) is 0 Å². The first-order chi connectivity index (χ1) is 10.9. The Morgan fingerprint density at radius 1 is 1.35 bits per heavy atom. The lowest BCUT2D eigenvalue weighted by Crippen LogP contribution is -2.46. The minimum absolute atomic E-state index is 0.0515. The Morgan fingerprint density at radius 3 is 2.61 bits per heavy atom. The molecule has 7 heteroatoms.